The molecule has 3 aromatic rings. The Bertz CT molecular complexity index is 796. The summed E-state index contributed by atoms with van der Waals surface area (Å²) in [4.78, 5) is 4.08. The van der Waals surface area contributed by atoms with Crippen LogP contribution in [0.2, 0.25) is 0 Å². The molecule has 0 saturated heterocycles. The molecule has 0 saturated carbocycles. The number of benzene rings is 1. The van der Waals surface area contributed by atoms with Crippen LogP contribution in [0.1, 0.15) is 11.1 Å². The zero-order chi connectivity index (χ0) is 16.1. The maximum Gasteiger partial charge on any atom is 0.205 e. The quantitative estimate of drug-likeness (QED) is 0.536. The molecule has 0 aliphatic rings. The lowest BCUT2D eigenvalue weighted by atomic mass is 10.1. The van der Waals surface area contributed by atoms with E-state index in [9.17, 15) is 0 Å². The molecule has 1 aromatic carbocycles. The molecule has 2 aromatic heterocycles. The predicted molar refractivity (Wildman–Crippen MR) is 92.1 cm³/mol. The van der Waals surface area contributed by atoms with Crippen molar-refractivity contribution in [3.8, 4) is 5.75 Å². The Balaban J connectivity index is 1.74. The summed E-state index contributed by atoms with van der Waals surface area (Å²) in [5.74, 6) is 1.30. The van der Waals surface area contributed by atoms with E-state index in [1.165, 1.54) is 11.3 Å². The highest BCUT2D eigenvalue weighted by Gasteiger charge is 2.05. The van der Waals surface area contributed by atoms with Gasteiger partial charge in [-0.2, -0.15) is 10.2 Å². The van der Waals surface area contributed by atoms with Crippen LogP contribution < -0.4 is 15.9 Å². The number of rotatable bonds is 6. The number of ether oxygens (including phenoxy) is 1. The summed E-state index contributed by atoms with van der Waals surface area (Å²) in [6, 6.07) is 7.76. The smallest absolute Gasteiger partial charge is 0.205 e. The fourth-order valence-corrected chi connectivity index (χ4v) is 2.62. The maximum atomic E-state index is 5.56. The summed E-state index contributed by atoms with van der Waals surface area (Å²) >= 11 is 1.40. The Labute approximate surface area is 137 Å². The van der Waals surface area contributed by atoms with Crippen molar-refractivity contribution in [3.05, 3.63) is 53.2 Å². The molecule has 0 unspecified atom stereocenters. The van der Waals surface area contributed by atoms with Gasteiger partial charge in [-0.1, -0.05) is 0 Å². The molecule has 0 fully saturated rings. The molecule has 3 rings (SSSR count). The summed E-state index contributed by atoms with van der Waals surface area (Å²) in [5, 5.41) is 10.8. The minimum atomic E-state index is 0.485. The third-order valence-corrected chi connectivity index (χ3v) is 3.86. The molecule has 8 heteroatoms. The molecular weight excluding hydrogens is 312 g/mol. The highest BCUT2D eigenvalue weighted by Crippen LogP contribution is 2.20. The molecule has 2 heterocycles. The van der Waals surface area contributed by atoms with Crippen molar-refractivity contribution in [2.75, 3.05) is 18.3 Å². The Morgan fingerprint density at radius 1 is 1.48 bits per heavy atom. The topological polar surface area (TPSA) is 90.4 Å². The van der Waals surface area contributed by atoms with Crippen molar-refractivity contribution < 1.29 is 4.74 Å². The molecule has 23 heavy (non-hydrogen) atoms. The lowest BCUT2D eigenvalue weighted by molar-refractivity contribution is 0.407. The number of aromatic nitrogens is 3. The number of hydrazone groups is 1. The van der Waals surface area contributed by atoms with Gasteiger partial charge in [-0.15, -0.1) is 11.3 Å². The van der Waals surface area contributed by atoms with Gasteiger partial charge in [0.25, 0.3) is 0 Å². The normalized spacial score (nSPS) is 11.0. The van der Waals surface area contributed by atoms with Gasteiger partial charge in [0, 0.05) is 23.3 Å². The van der Waals surface area contributed by atoms with Gasteiger partial charge in [0.2, 0.25) is 5.13 Å². The van der Waals surface area contributed by atoms with E-state index < -0.39 is 0 Å². The van der Waals surface area contributed by atoms with Crippen molar-refractivity contribution in [2.24, 2.45) is 5.10 Å². The van der Waals surface area contributed by atoms with E-state index in [0.717, 1.165) is 16.9 Å². The first-order valence-electron chi connectivity index (χ1n) is 6.89. The van der Waals surface area contributed by atoms with Gasteiger partial charge >= 0.3 is 0 Å². The third kappa shape index (κ3) is 3.86. The van der Waals surface area contributed by atoms with Crippen LogP contribution in [0.25, 0.3) is 0 Å². The third-order valence-electron chi connectivity index (χ3n) is 3.09. The number of nitrogens with two attached hydrogens (primary N) is 1. The fraction of sp³-hybridized carbons (Fsp3) is 0.133. The zero-order valence-electron chi connectivity index (χ0n) is 12.5. The second-order valence-corrected chi connectivity index (χ2v) is 5.58. The number of methoxy groups -OCH3 is 1. The number of hydrogen-bond acceptors (Lipinski definition) is 7. The molecule has 0 radical (unpaired) electrons. The van der Waals surface area contributed by atoms with Crippen LogP contribution in [-0.4, -0.2) is 28.1 Å². The van der Waals surface area contributed by atoms with Gasteiger partial charge in [0.15, 0.2) is 0 Å². The molecule has 118 valence electrons. The van der Waals surface area contributed by atoms with Gasteiger partial charge in [-0.05, 0) is 29.8 Å². The Morgan fingerprint density at radius 3 is 3.09 bits per heavy atom. The number of nitrogens with zero attached hydrogens (tertiary/aromatic N) is 4. The first-order chi connectivity index (χ1) is 11.2. The van der Waals surface area contributed by atoms with E-state index in [4.69, 9.17) is 10.5 Å². The number of hydrogen-bond donors (Lipinski definition) is 2. The zero-order valence-corrected chi connectivity index (χ0v) is 13.3. The van der Waals surface area contributed by atoms with E-state index in [-0.39, 0.29) is 0 Å². The summed E-state index contributed by atoms with van der Waals surface area (Å²) in [6.07, 6.45) is 5.39. The average Bonchev–Trinajstić information content (AvgIpc) is 3.20. The summed E-state index contributed by atoms with van der Waals surface area (Å²) < 4.78 is 7.24. The molecular formula is C15H16N6OS. The van der Waals surface area contributed by atoms with Crippen LogP contribution in [0, 0.1) is 0 Å². The van der Waals surface area contributed by atoms with E-state index in [1.54, 1.807) is 24.9 Å². The minimum Gasteiger partial charge on any atom is -0.496 e. The first kappa shape index (κ1) is 15.0. The van der Waals surface area contributed by atoms with Gasteiger partial charge in [-0.25, -0.2) is 4.98 Å². The Hall–Kier alpha value is -2.87. The van der Waals surface area contributed by atoms with Crippen LogP contribution >= 0.6 is 11.3 Å². The average molecular weight is 328 g/mol. The van der Waals surface area contributed by atoms with E-state index in [2.05, 4.69) is 20.6 Å². The molecule has 0 spiro atoms. The molecule has 7 nitrogen and oxygen atoms in total. The lowest BCUT2D eigenvalue weighted by Gasteiger charge is -2.09. The largest absolute Gasteiger partial charge is 0.496 e. The minimum absolute atomic E-state index is 0.485. The standard InChI is InChI=1S/C15H16N6OS/c1-22-13-4-3-11(7-12(13)9-21-6-2-5-18-21)8-17-20-15-19-14(16)10-23-15/h2-8,10H,9,16H2,1H3,(H,19,20). The second kappa shape index (κ2) is 6.93. The molecule has 0 amide bonds. The number of nitrogens with one attached hydrogen (secondary N) is 1. The monoisotopic (exact) mass is 328 g/mol. The highest BCUT2D eigenvalue weighted by molar-refractivity contribution is 7.14. The van der Waals surface area contributed by atoms with Crippen LogP contribution in [0.15, 0.2) is 47.1 Å². The van der Waals surface area contributed by atoms with Crippen molar-refractivity contribution in [2.45, 2.75) is 6.54 Å². The van der Waals surface area contributed by atoms with E-state index in [0.29, 0.717) is 17.5 Å². The van der Waals surface area contributed by atoms with Crippen LogP contribution in [0.3, 0.4) is 0 Å². The second-order valence-electron chi connectivity index (χ2n) is 4.72. The Kier molecular flexibility index (Phi) is 4.53. The molecule has 3 N–H and O–H groups in total. The van der Waals surface area contributed by atoms with Crippen LogP contribution in [0.5, 0.6) is 5.75 Å². The SMILES string of the molecule is COc1ccc(C=NNc2nc(N)cs2)cc1Cn1cccn1. The summed E-state index contributed by atoms with van der Waals surface area (Å²) in [7, 11) is 1.66. The number of nitrogen functional groups attached to an aromatic ring is 1. The van der Waals surface area contributed by atoms with Gasteiger partial charge < -0.3 is 10.5 Å². The summed E-state index contributed by atoms with van der Waals surface area (Å²) in [5.41, 5.74) is 10.4. The maximum absolute atomic E-state index is 5.56. The molecule has 0 bridgehead atoms. The first-order valence-corrected chi connectivity index (χ1v) is 7.77. The number of anilines is 2. The van der Waals surface area contributed by atoms with E-state index >= 15 is 0 Å². The highest BCUT2D eigenvalue weighted by atomic mass is 32.1. The van der Waals surface area contributed by atoms with Gasteiger partial charge in [-0.3, -0.25) is 10.1 Å². The predicted octanol–water partition coefficient (Wildman–Crippen LogP) is 2.42. The van der Waals surface area contributed by atoms with Crippen molar-refractivity contribution >= 4 is 28.5 Å². The molecule has 0 atom stereocenters. The summed E-state index contributed by atoms with van der Waals surface area (Å²) in [6.45, 7) is 0.633. The van der Waals surface area contributed by atoms with E-state index in [1.807, 2.05) is 35.1 Å². The fourth-order valence-electron chi connectivity index (χ4n) is 2.07. The van der Waals surface area contributed by atoms with Gasteiger partial charge in [0.05, 0.1) is 19.9 Å². The van der Waals surface area contributed by atoms with Crippen molar-refractivity contribution in [3.63, 3.8) is 0 Å². The van der Waals surface area contributed by atoms with Gasteiger partial charge in [0.1, 0.15) is 11.6 Å². The molecule has 0 aliphatic carbocycles. The molecule has 0 aliphatic heterocycles. The number of thiazole rings is 1. The van der Waals surface area contributed by atoms with Crippen molar-refractivity contribution in [1.82, 2.24) is 14.8 Å². The van der Waals surface area contributed by atoms with Crippen LogP contribution in [0.4, 0.5) is 10.9 Å². The van der Waals surface area contributed by atoms with Crippen molar-refractivity contribution in [1.29, 1.82) is 0 Å². The lowest BCUT2D eigenvalue weighted by Crippen LogP contribution is -2.03. The Morgan fingerprint density at radius 2 is 2.39 bits per heavy atom. The van der Waals surface area contributed by atoms with Crippen LogP contribution in [-0.2, 0) is 6.54 Å².